The minimum Gasteiger partial charge on any atom is -0.469 e. The van der Waals surface area contributed by atoms with E-state index in [0.717, 1.165) is 6.42 Å². The summed E-state index contributed by atoms with van der Waals surface area (Å²) in [5.74, 6) is -0.157. The molecule has 0 saturated carbocycles. The molecule has 0 aliphatic carbocycles. The van der Waals surface area contributed by atoms with Gasteiger partial charge in [-0.3, -0.25) is 4.79 Å². The van der Waals surface area contributed by atoms with E-state index in [1.54, 1.807) is 6.92 Å². The van der Waals surface area contributed by atoms with Gasteiger partial charge in [0, 0.05) is 6.42 Å². The number of hydrogen-bond donors (Lipinski definition) is 0. The molecule has 0 aromatic rings. The Morgan fingerprint density at radius 3 is 2.00 bits per heavy atom. The van der Waals surface area contributed by atoms with E-state index in [1.165, 1.54) is 7.11 Å². The van der Waals surface area contributed by atoms with Crippen LogP contribution in [0.3, 0.4) is 0 Å². The summed E-state index contributed by atoms with van der Waals surface area (Å²) in [5, 5.41) is 0. The van der Waals surface area contributed by atoms with Crippen LogP contribution in [0.5, 0.6) is 0 Å². The minimum absolute atomic E-state index is 0.157. The van der Waals surface area contributed by atoms with Crippen LogP contribution < -0.4 is 0 Å². The smallest absolute Gasteiger partial charge is 0.305 e. The summed E-state index contributed by atoms with van der Waals surface area (Å²) in [6.07, 6.45) is 3.43. The summed E-state index contributed by atoms with van der Waals surface area (Å²) in [7, 11) is 1.38. The number of ether oxygens (including phenoxy) is 1. The zero-order valence-electron chi connectivity index (χ0n) is 7.02. The van der Waals surface area contributed by atoms with Gasteiger partial charge in [-0.2, -0.15) is 0 Å². The Morgan fingerprint density at radius 2 is 2.00 bits per heavy atom. The largest absolute Gasteiger partial charge is 0.469 e. The van der Waals surface area contributed by atoms with Gasteiger partial charge in [0.2, 0.25) is 0 Å². The maximum atomic E-state index is 9.96. The first-order chi connectivity index (χ1) is 4.72. The number of hydrogen-bond acceptors (Lipinski definition) is 2. The standard InChI is InChI=1S/C4H8O2.C4H8/c1-3-4(5)6-2;1-3-4-2/h3H2,1-2H3;3H,1,4H2,2H3. The zero-order valence-corrected chi connectivity index (χ0v) is 7.02. The van der Waals surface area contributed by atoms with Crippen molar-refractivity contribution in [3.05, 3.63) is 12.7 Å². The van der Waals surface area contributed by atoms with Crippen LogP contribution in [-0.2, 0) is 9.53 Å². The van der Waals surface area contributed by atoms with E-state index in [2.05, 4.69) is 18.2 Å². The first-order valence-corrected chi connectivity index (χ1v) is 3.40. The van der Waals surface area contributed by atoms with Crippen molar-refractivity contribution in [1.29, 1.82) is 0 Å². The lowest BCUT2D eigenvalue weighted by Gasteiger charge is -1.87. The fourth-order valence-electron chi connectivity index (χ4n) is 0.144. The van der Waals surface area contributed by atoms with Crippen molar-refractivity contribution in [2.24, 2.45) is 0 Å². The van der Waals surface area contributed by atoms with Crippen LogP contribution in [-0.4, -0.2) is 13.1 Å². The van der Waals surface area contributed by atoms with Crippen molar-refractivity contribution in [2.45, 2.75) is 26.7 Å². The number of carbonyl (C=O) groups excluding carboxylic acids is 1. The van der Waals surface area contributed by atoms with E-state index < -0.39 is 0 Å². The van der Waals surface area contributed by atoms with Crippen LogP contribution in [0.15, 0.2) is 12.7 Å². The quantitative estimate of drug-likeness (QED) is 0.438. The van der Waals surface area contributed by atoms with Crippen molar-refractivity contribution < 1.29 is 9.53 Å². The molecule has 0 bridgehead atoms. The molecule has 0 saturated heterocycles. The van der Waals surface area contributed by atoms with Gasteiger partial charge < -0.3 is 4.74 Å². The number of methoxy groups -OCH3 is 1. The van der Waals surface area contributed by atoms with Crippen LogP contribution in [0, 0.1) is 0 Å². The molecule has 0 N–H and O–H groups in total. The fourth-order valence-corrected chi connectivity index (χ4v) is 0.144. The second-order valence-corrected chi connectivity index (χ2v) is 1.63. The lowest BCUT2D eigenvalue weighted by atomic mass is 10.5. The molecule has 0 amide bonds. The van der Waals surface area contributed by atoms with E-state index in [9.17, 15) is 4.79 Å². The molecule has 0 heterocycles. The Morgan fingerprint density at radius 1 is 1.60 bits per heavy atom. The second kappa shape index (κ2) is 11.1. The van der Waals surface area contributed by atoms with Gasteiger partial charge in [0.05, 0.1) is 7.11 Å². The van der Waals surface area contributed by atoms with E-state index in [0.29, 0.717) is 6.42 Å². The molecule has 0 atom stereocenters. The molecule has 2 heteroatoms. The topological polar surface area (TPSA) is 26.3 Å². The highest BCUT2D eigenvalue weighted by atomic mass is 16.5. The predicted molar refractivity (Wildman–Crippen MR) is 42.8 cm³/mol. The molecule has 0 rings (SSSR count). The Labute approximate surface area is 62.9 Å². The Kier molecular flexibility index (Phi) is 13.2. The summed E-state index contributed by atoms with van der Waals surface area (Å²) in [4.78, 5) is 9.96. The Bertz CT molecular complexity index is 81.3. The van der Waals surface area contributed by atoms with E-state index in [1.807, 2.05) is 6.08 Å². The van der Waals surface area contributed by atoms with E-state index >= 15 is 0 Å². The van der Waals surface area contributed by atoms with Gasteiger partial charge in [-0.1, -0.05) is 19.9 Å². The SMILES string of the molecule is C=CCC.CCC(=O)OC. The predicted octanol–water partition coefficient (Wildman–Crippen LogP) is 2.15. The molecule has 0 unspecified atom stereocenters. The van der Waals surface area contributed by atoms with E-state index in [4.69, 9.17) is 0 Å². The minimum atomic E-state index is -0.157. The number of carbonyl (C=O) groups is 1. The molecule has 0 aliphatic rings. The highest BCUT2D eigenvalue weighted by Gasteiger charge is 1.87. The third-order valence-electron chi connectivity index (χ3n) is 0.805. The van der Waals surface area contributed by atoms with Crippen LogP contribution >= 0.6 is 0 Å². The summed E-state index contributed by atoms with van der Waals surface area (Å²) in [5.41, 5.74) is 0. The molecule has 0 aromatic carbocycles. The maximum Gasteiger partial charge on any atom is 0.305 e. The van der Waals surface area contributed by atoms with E-state index in [-0.39, 0.29) is 5.97 Å². The normalized spacial score (nSPS) is 7.10. The summed E-state index contributed by atoms with van der Waals surface area (Å²) in [6.45, 7) is 7.30. The monoisotopic (exact) mass is 144 g/mol. The van der Waals surface area contributed by atoms with Crippen LogP contribution in [0.25, 0.3) is 0 Å². The molecule has 10 heavy (non-hydrogen) atoms. The number of esters is 1. The van der Waals surface area contributed by atoms with Gasteiger partial charge in [-0.05, 0) is 6.42 Å². The Balaban J connectivity index is 0. The third kappa shape index (κ3) is 15.7. The van der Waals surface area contributed by atoms with Crippen molar-refractivity contribution in [3.63, 3.8) is 0 Å². The number of allylic oxidation sites excluding steroid dienone is 1. The van der Waals surface area contributed by atoms with Gasteiger partial charge >= 0.3 is 5.97 Å². The average molecular weight is 144 g/mol. The van der Waals surface area contributed by atoms with Gasteiger partial charge in [0.25, 0.3) is 0 Å². The summed E-state index contributed by atoms with van der Waals surface area (Å²) < 4.78 is 4.26. The highest BCUT2D eigenvalue weighted by molar-refractivity contribution is 5.68. The first kappa shape index (κ1) is 11.9. The number of rotatable bonds is 2. The van der Waals surface area contributed by atoms with Gasteiger partial charge in [0.1, 0.15) is 0 Å². The van der Waals surface area contributed by atoms with Crippen molar-refractivity contribution in [3.8, 4) is 0 Å². The molecule has 0 fully saturated rings. The third-order valence-corrected chi connectivity index (χ3v) is 0.805. The highest BCUT2D eigenvalue weighted by Crippen LogP contribution is 1.76. The second-order valence-electron chi connectivity index (χ2n) is 1.63. The molecule has 0 radical (unpaired) electrons. The zero-order chi connectivity index (χ0) is 8.41. The molecule has 0 aromatic heterocycles. The molecule has 60 valence electrons. The van der Waals surface area contributed by atoms with Crippen molar-refractivity contribution >= 4 is 5.97 Å². The van der Waals surface area contributed by atoms with Crippen molar-refractivity contribution in [1.82, 2.24) is 0 Å². The lowest BCUT2D eigenvalue weighted by Crippen LogP contribution is -1.94. The average Bonchev–Trinajstić information content (AvgIpc) is 2.03. The molecule has 0 spiro atoms. The van der Waals surface area contributed by atoms with Crippen LogP contribution in [0.1, 0.15) is 26.7 Å². The maximum absolute atomic E-state index is 9.96. The van der Waals surface area contributed by atoms with Crippen molar-refractivity contribution in [2.75, 3.05) is 7.11 Å². The molecule has 0 aliphatic heterocycles. The molecular formula is C8H16O2. The Hall–Kier alpha value is -0.790. The van der Waals surface area contributed by atoms with Gasteiger partial charge in [0.15, 0.2) is 0 Å². The molecular weight excluding hydrogens is 128 g/mol. The summed E-state index contributed by atoms with van der Waals surface area (Å²) in [6, 6.07) is 0. The van der Waals surface area contributed by atoms with Gasteiger partial charge in [-0.15, -0.1) is 6.58 Å². The fraction of sp³-hybridized carbons (Fsp3) is 0.625. The van der Waals surface area contributed by atoms with Gasteiger partial charge in [-0.25, -0.2) is 0 Å². The lowest BCUT2D eigenvalue weighted by molar-refractivity contribution is -0.140. The first-order valence-electron chi connectivity index (χ1n) is 3.40. The van der Waals surface area contributed by atoms with Crippen LogP contribution in [0.2, 0.25) is 0 Å². The summed E-state index contributed by atoms with van der Waals surface area (Å²) >= 11 is 0. The molecule has 2 nitrogen and oxygen atoms in total. The van der Waals surface area contributed by atoms with Crippen LogP contribution in [0.4, 0.5) is 0 Å².